The lowest BCUT2D eigenvalue weighted by atomic mass is 9.99. The minimum absolute atomic E-state index is 0.330. The van der Waals surface area contributed by atoms with E-state index in [0.717, 1.165) is 11.3 Å². The summed E-state index contributed by atoms with van der Waals surface area (Å²) in [6.07, 6.45) is 0.311. The molecule has 0 saturated heterocycles. The van der Waals surface area contributed by atoms with Gasteiger partial charge in [-0.25, -0.2) is 0 Å². The van der Waals surface area contributed by atoms with E-state index in [2.05, 4.69) is 26.0 Å². The van der Waals surface area contributed by atoms with Crippen LogP contribution >= 0.6 is 0 Å². The number of aliphatic hydroxyl groups is 1. The normalized spacial score (nSPS) is 12.9. The molecule has 0 amide bonds. The third kappa shape index (κ3) is 3.24. The van der Waals surface area contributed by atoms with E-state index < -0.39 is 0 Å². The summed E-state index contributed by atoms with van der Waals surface area (Å²) in [5.41, 5.74) is 2.33. The van der Waals surface area contributed by atoms with E-state index in [1.165, 1.54) is 5.56 Å². The molecule has 1 atom stereocenters. The first-order chi connectivity index (χ1) is 7.04. The van der Waals surface area contributed by atoms with Gasteiger partial charge in [0.2, 0.25) is 0 Å². The quantitative estimate of drug-likeness (QED) is 0.824. The van der Waals surface area contributed by atoms with Gasteiger partial charge in [-0.3, -0.25) is 0 Å². The van der Waals surface area contributed by atoms with Gasteiger partial charge in [0.05, 0.1) is 13.2 Å². The highest BCUT2D eigenvalue weighted by Gasteiger charge is 2.08. The molecular weight excluding hydrogens is 188 g/mol. The fraction of sp³-hybridized carbons (Fsp3) is 0.538. The van der Waals surface area contributed by atoms with E-state index in [1.807, 2.05) is 6.07 Å². The van der Waals surface area contributed by atoms with Gasteiger partial charge in [0.1, 0.15) is 5.75 Å². The van der Waals surface area contributed by atoms with E-state index in [4.69, 9.17) is 4.74 Å². The van der Waals surface area contributed by atoms with Crippen LogP contribution in [0.1, 0.15) is 37.8 Å². The van der Waals surface area contributed by atoms with Crippen LogP contribution in [0.2, 0.25) is 0 Å². The number of hydrogen-bond acceptors (Lipinski definition) is 2. The molecular formula is C13H20O2. The molecule has 1 aromatic carbocycles. The molecule has 84 valence electrons. The standard InChI is InChI=1S/C13H20O2/c1-9(2)11-5-6-12(7-10(3)14)13(8-11)15-4/h5-6,8-10,14H,7H2,1-4H3. The van der Waals surface area contributed by atoms with E-state index in [9.17, 15) is 5.11 Å². The zero-order valence-electron chi connectivity index (χ0n) is 9.95. The summed E-state index contributed by atoms with van der Waals surface area (Å²) < 4.78 is 5.33. The first-order valence-corrected chi connectivity index (χ1v) is 5.39. The van der Waals surface area contributed by atoms with Crippen LogP contribution in [0, 0.1) is 0 Å². The Kier molecular flexibility index (Phi) is 4.15. The molecule has 1 N–H and O–H groups in total. The first kappa shape index (κ1) is 12.1. The van der Waals surface area contributed by atoms with Crippen LogP contribution in [-0.4, -0.2) is 18.3 Å². The second kappa shape index (κ2) is 5.17. The van der Waals surface area contributed by atoms with Gasteiger partial charge >= 0.3 is 0 Å². The van der Waals surface area contributed by atoms with Crippen LogP contribution < -0.4 is 4.74 Å². The zero-order chi connectivity index (χ0) is 11.4. The summed E-state index contributed by atoms with van der Waals surface area (Å²) >= 11 is 0. The Labute approximate surface area is 91.9 Å². The van der Waals surface area contributed by atoms with Gasteiger partial charge in [0.25, 0.3) is 0 Å². The van der Waals surface area contributed by atoms with Crippen molar-refractivity contribution in [2.75, 3.05) is 7.11 Å². The molecule has 0 spiro atoms. The third-order valence-corrected chi connectivity index (χ3v) is 2.49. The van der Waals surface area contributed by atoms with Crippen LogP contribution in [0.5, 0.6) is 5.75 Å². The largest absolute Gasteiger partial charge is 0.496 e. The van der Waals surface area contributed by atoms with Gasteiger partial charge in [0.15, 0.2) is 0 Å². The summed E-state index contributed by atoms with van der Waals surface area (Å²) in [4.78, 5) is 0. The van der Waals surface area contributed by atoms with E-state index in [1.54, 1.807) is 14.0 Å². The van der Waals surface area contributed by atoms with Crippen molar-refractivity contribution in [2.45, 2.75) is 39.2 Å². The molecule has 0 aliphatic heterocycles. The lowest BCUT2D eigenvalue weighted by molar-refractivity contribution is 0.194. The summed E-state index contributed by atoms with van der Waals surface area (Å²) in [7, 11) is 1.67. The highest BCUT2D eigenvalue weighted by molar-refractivity contribution is 5.39. The molecule has 1 unspecified atom stereocenters. The predicted octanol–water partition coefficient (Wildman–Crippen LogP) is 2.74. The number of rotatable bonds is 4. The molecule has 1 rings (SSSR count). The third-order valence-electron chi connectivity index (χ3n) is 2.49. The lowest BCUT2D eigenvalue weighted by Crippen LogP contribution is -2.06. The minimum Gasteiger partial charge on any atom is -0.496 e. The Morgan fingerprint density at radius 2 is 1.93 bits per heavy atom. The summed E-state index contributed by atoms with van der Waals surface area (Å²) in [6, 6.07) is 6.20. The highest BCUT2D eigenvalue weighted by Crippen LogP contribution is 2.25. The average Bonchev–Trinajstić information content (AvgIpc) is 2.17. The van der Waals surface area contributed by atoms with E-state index in [-0.39, 0.29) is 6.10 Å². The molecule has 0 aromatic heterocycles. The van der Waals surface area contributed by atoms with Crippen molar-refractivity contribution in [1.29, 1.82) is 0 Å². The Morgan fingerprint density at radius 3 is 2.40 bits per heavy atom. The smallest absolute Gasteiger partial charge is 0.122 e. The first-order valence-electron chi connectivity index (χ1n) is 5.39. The van der Waals surface area contributed by atoms with Crippen molar-refractivity contribution in [1.82, 2.24) is 0 Å². The Hall–Kier alpha value is -1.02. The van der Waals surface area contributed by atoms with Crippen molar-refractivity contribution in [2.24, 2.45) is 0 Å². The Bertz CT molecular complexity index is 316. The predicted molar refractivity (Wildman–Crippen MR) is 62.5 cm³/mol. The van der Waals surface area contributed by atoms with Crippen LogP contribution in [0.4, 0.5) is 0 Å². The van der Waals surface area contributed by atoms with Gasteiger partial charge in [-0.1, -0.05) is 26.0 Å². The van der Waals surface area contributed by atoms with Crippen molar-refractivity contribution < 1.29 is 9.84 Å². The number of methoxy groups -OCH3 is 1. The molecule has 0 heterocycles. The molecule has 1 aromatic rings. The van der Waals surface area contributed by atoms with Crippen molar-refractivity contribution >= 4 is 0 Å². The van der Waals surface area contributed by atoms with E-state index >= 15 is 0 Å². The number of aliphatic hydroxyl groups excluding tert-OH is 1. The van der Waals surface area contributed by atoms with Gasteiger partial charge in [-0.2, -0.15) is 0 Å². The zero-order valence-corrected chi connectivity index (χ0v) is 9.95. The van der Waals surface area contributed by atoms with E-state index in [0.29, 0.717) is 12.3 Å². The molecule has 0 saturated carbocycles. The second-order valence-corrected chi connectivity index (χ2v) is 4.28. The summed E-state index contributed by atoms with van der Waals surface area (Å²) in [5, 5.41) is 9.35. The molecule has 0 fully saturated rings. The Morgan fingerprint density at radius 1 is 1.27 bits per heavy atom. The fourth-order valence-corrected chi connectivity index (χ4v) is 1.61. The van der Waals surface area contributed by atoms with Crippen LogP contribution in [0.25, 0.3) is 0 Å². The van der Waals surface area contributed by atoms with Gasteiger partial charge in [-0.05, 0) is 30.0 Å². The van der Waals surface area contributed by atoms with Gasteiger partial charge in [-0.15, -0.1) is 0 Å². The molecule has 0 aliphatic rings. The van der Waals surface area contributed by atoms with Crippen molar-refractivity contribution in [3.8, 4) is 5.75 Å². The number of ether oxygens (including phenoxy) is 1. The summed E-state index contributed by atoms with van der Waals surface area (Å²) in [6.45, 7) is 6.10. The molecule has 0 aliphatic carbocycles. The number of benzene rings is 1. The maximum Gasteiger partial charge on any atom is 0.122 e. The average molecular weight is 208 g/mol. The van der Waals surface area contributed by atoms with Crippen molar-refractivity contribution in [3.63, 3.8) is 0 Å². The second-order valence-electron chi connectivity index (χ2n) is 4.28. The monoisotopic (exact) mass is 208 g/mol. The van der Waals surface area contributed by atoms with Gasteiger partial charge < -0.3 is 9.84 Å². The Balaban J connectivity index is 2.98. The molecule has 0 radical (unpaired) electrons. The molecule has 2 nitrogen and oxygen atoms in total. The summed E-state index contributed by atoms with van der Waals surface area (Å²) in [5.74, 6) is 1.38. The SMILES string of the molecule is COc1cc(C(C)C)ccc1CC(C)O. The molecule has 2 heteroatoms. The maximum absolute atomic E-state index is 9.35. The maximum atomic E-state index is 9.35. The molecule has 0 bridgehead atoms. The minimum atomic E-state index is -0.330. The van der Waals surface area contributed by atoms with Crippen LogP contribution in [-0.2, 0) is 6.42 Å². The number of hydrogen-bond donors (Lipinski definition) is 1. The van der Waals surface area contributed by atoms with Crippen LogP contribution in [0.15, 0.2) is 18.2 Å². The fourth-order valence-electron chi connectivity index (χ4n) is 1.61. The van der Waals surface area contributed by atoms with Crippen LogP contribution in [0.3, 0.4) is 0 Å². The van der Waals surface area contributed by atoms with Crippen molar-refractivity contribution in [3.05, 3.63) is 29.3 Å². The highest BCUT2D eigenvalue weighted by atomic mass is 16.5. The molecule has 15 heavy (non-hydrogen) atoms. The van der Waals surface area contributed by atoms with Gasteiger partial charge in [0, 0.05) is 6.42 Å². The lowest BCUT2D eigenvalue weighted by Gasteiger charge is -2.13. The topological polar surface area (TPSA) is 29.5 Å².